The summed E-state index contributed by atoms with van der Waals surface area (Å²) in [5.74, 6) is -0.0269. The van der Waals surface area contributed by atoms with Gasteiger partial charge in [-0.15, -0.1) is 12.4 Å². The van der Waals surface area contributed by atoms with Crippen LogP contribution in [0, 0.1) is 0 Å². The van der Waals surface area contributed by atoms with Crippen molar-refractivity contribution in [1.82, 2.24) is 15.1 Å². The minimum absolute atomic E-state index is 0. The van der Waals surface area contributed by atoms with Crippen LogP contribution in [0.4, 0.5) is 0 Å². The van der Waals surface area contributed by atoms with Crippen LogP contribution in [0.2, 0.25) is 0 Å². The van der Waals surface area contributed by atoms with Crippen LogP contribution in [0.25, 0.3) is 0 Å². The molecule has 0 spiro atoms. The molecular formula is C19H28ClN3O3. The Bertz CT molecular complexity index is 599. The predicted molar refractivity (Wildman–Crippen MR) is 102 cm³/mol. The number of piperazine rings is 1. The largest absolute Gasteiger partial charge is 0.391 e. The Kier molecular flexibility index (Phi) is 7.87. The standard InChI is InChI=1S/C19H27N3O3.ClH/c23-16-8-11-22(14-16)18(24)13-17-19(25)21(12-9-20-17)10-4-7-15-5-2-1-3-6-15;/h1-3,5-6,16-17,20,23H,4,7-14H2;1H. The highest BCUT2D eigenvalue weighted by molar-refractivity contribution is 5.89. The number of aliphatic hydroxyl groups is 1. The molecule has 0 saturated carbocycles. The van der Waals surface area contributed by atoms with Gasteiger partial charge in [0, 0.05) is 32.7 Å². The third-order valence-electron chi connectivity index (χ3n) is 5.01. The number of benzene rings is 1. The molecule has 144 valence electrons. The number of carbonyl (C=O) groups excluding carboxylic acids is 2. The van der Waals surface area contributed by atoms with Crippen LogP contribution >= 0.6 is 12.4 Å². The van der Waals surface area contributed by atoms with Gasteiger partial charge in [-0.3, -0.25) is 9.59 Å². The summed E-state index contributed by atoms with van der Waals surface area (Å²) in [7, 11) is 0. The van der Waals surface area contributed by atoms with Crippen LogP contribution in [0.1, 0.15) is 24.8 Å². The number of β-amino-alcohol motifs (C(OH)–C–C–N with tert-alkyl or cyclic N) is 1. The van der Waals surface area contributed by atoms with Gasteiger partial charge in [-0.25, -0.2) is 0 Å². The van der Waals surface area contributed by atoms with Crippen molar-refractivity contribution in [2.24, 2.45) is 0 Å². The first-order valence-corrected chi connectivity index (χ1v) is 9.15. The number of carbonyl (C=O) groups is 2. The Morgan fingerprint density at radius 1 is 1.23 bits per heavy atom. The summed E-state index contributed by atoms with van der Waals surface area (Å²) in [5.41, 5.74) is 1.28. The van der Waals surface area contributed by atoms with Crippen molar-refractivity contribution in [3.63, 3.8) is 0 Å². The first kappa shape index (κ1) is 20.7. The number of aryl methyl sites for hydroxylation is 1. The minimum Gasteiger partial charge on any atom is -0.391 e. The van der Waals surface area contributed by atoms with Crippen LogP contribution in [0.3, 0.4) is 0 Å². The molecule has 7 heteroatoms. The third-order valence-corrected chi connectivity index (χ3v) is 5.01. The van der Waals surface area contributed by atoms with Gasteiger partial charge in [0.15, 0.2) is 0 Å². The lowest BCUT2D eigenvalue weighted by Crippen LogP contribution is -2.56. The van der Waals surface area contributed by atoms with Crippen LogP contribution < -0.4 is 5.32 Å². The number of aliphatic hydroxyl groups excluding tert-OH is 1. The molecule has 2 amide bonds. The van der Waals surface area contributed by atoms with Crippen molar-refractivity contribution in [2.75, 3.05) is 32.7 Å². The zero-order valence-electron chi connectivity index (χ0n) is 15.0. The topological polar surface area (TPSA) is 72.9 Å². The summed E-state index contributed by atoms with van der Waals surface area (Å²) in [6, 6.07) is 9.84. The molecule has 2 aliphatic heterocycles. The summed E-state index contributed by atoms with van der Waals surface area (Å²) in [4.78, 5) is 28.5. The van der Waals surface area contributed by atoms with E-state index in [1.165, 1.54) is 5.56 Å². The van der Waals surface area contributed by atoms with Crippen molar-refractivity contribution >= 4 is 24.2 Å². The van der Waals surface area contributed by atoms with Crippen LogP contribution in [-0.4, -0.2) is 71.6 Å². The molecule has 0 bridgehead atoms. The molecule has 0 aromatic heterocycles. The number of hydrogen-bond acceptors (Lipinski definition) is 4. The molecule has 2 saturated heterocycles. The fourth-order valence-electron chi connectivity index (χ4n) is 3.56. The molecule has 1 aromatic carbocycles. The number of likely N-dealkylation sites (tertiary alicyclic amines) is 1. The van der Waals surface area contributed by atoms with Gasteiger partial charge in [0.25, 0.3) is 0 Å². The zero-order chi connectivity index (χ0) is 17.6. The van der Waals surface area contributed by atoms with E-state index < -0.39 is 12.1 Å². The quantitative estimate of drug-likeness (QED) is 0.765. The Hall–Kier alpha value is -1.63. The minimum atomic E-state index is -0.435. The number of amides is 2. The zero-order valence-corrected chi connectivity index (χ0v) is 15.8. The second kappa shape index (κ2) is 9.90. The highest BCUT2D eigenvalue weighted by Gasteiger charge is 2.32. The van der Waals surface area contributed by atoms with E-state index in [9.17, 15) is 14.7 Å². The Balaban J connectivity index is 0.00000243. The third kappa shape index (κ3) is 5.43. The monoisotopic (exact) mass is 381 g/mol. The summed E-state index contributed by atoms with van der Waals surface area (Å²) in [6.07, 6.45) is 2.26. The Morgan fingerprint density at radius 3 is 2.69 bits per heavy atom. The molecular weight excluding hydrogens is 354 g/mol. The molecule has 0 radical (unpaired) electrons. The lowest BCUT2D eigenvalue weighted by Gasteiger charge is -2.33. The highest BCUT2D eigenvalue weighted by Crippen LogP contribution is 2.14. The molecule has 3 rings (SSSR count). The fraction of sp³-hybridized carbons (Fsp3) is 0.579. The lowest BCUT2D eigenvalue weighted by molar-refractivity contribution is -0.140. The molecule has 2 N–H and O–H groups in total. The average Bonchev–Trinajstić information content (AvgIpc) is 3.06. The molecule has 2 aliphatic rings. The normalized spacial score (nSPS) is 23.0. The molecule has 2 atom stereocenters. The first-order chi connectivity index (χ1) is 12.1. The number of nitrogens with one attached hydrogen (secondary N) is 1. The van der Waals surface area contributed by atoms with E-state index in [0.29, 0.717) is 26.1 Å². The summed E-state index contributed by atoms with van der Waals surface area (Å²) >= 11 is 0. The molecule has 26 heavy (non-hydrogen) atoms. The van der Waals surface area contributed by atoms with Crippen molar-refractivity contribution < 1.29 is 14.7 Å². The van der Waals surface area contributed by atoms with Crippen LogP contribution in [0.15, 0.2) is 30.3 Å². The molecule has 2 heterocycles. The Morgan fingerprint density at radius 2 is 2.00 bits per heavy atom. The second-order valence-electron chi connectivity index (χ2n) is 6.91. The van der Waals surface area contributed by atoms with Gasteiger partial charge in [0.05, 0.1) is 18.6 Å². The van der Waals surface area contributed by atoms with E-state index in [0.717, 1.165) is 25.9 Å². The van der Waals surface area contributed by atoms with E-state index in [4.69, 9.17) is 0 Å². The molecule has 2 unspecified atom stereocenters. The van der Waals surface area contributed by atoms with Gasteiger partial charge >= 0.3 is 0 Å². The maximum absolute atomic E-state index is 12.6. The van der Waals surface area contributed by atoms with Crippen molar-refractivity contribution in [1.29, 1.82) is 0 Å². The number of halogens is 1. The lowest BCUT2D eigenvalue weighted by atomic mass is 10.1. The van der Waals surface area contributed by atoms with Gasteiger partial charge in [-0.2, -0.15) is 0 Å². The number of rotatable bonds is 6. The van der Waals surface area contributed by atoms with E-state index in [-0.39, 0.29) is 30.6 Å². The molecule has 2 fully saturated rings. The summed E-state index contributed by atoms with van der Waals surface area (Å²) in [5, 5.41) is 12.7. The van der Waals surface area contributed by atoms with Gasteiger partial charge < -0.3 is 20.2 Å². The molecule has 1 aromatic rings. The maximum atomic E-state index is 12.6. The second-order valence-corrected chi connectivity index (χ2v) is 6.91. The first-order valence-electron chi connectivity index (χ1n) is 9.15. The van der Waals surface area contributed by atoms with Gasteiger partial charge in [-0.05, 0) is 24.8 Å². The summed E-state index contributed by atoms with van der Waals surface area (Å²) < 4.78 is 0. The van der Waals surface area contributed by atoms with Gasteiger partial charge in [-0.1, -0.05) is 30.3 Å². The van der Waals surface area contributed by atoms with Gasteiger partial charge in [0.2, 0.25) is 11.8 Å². The molecule has 0 aliphatic carbocycles. The number of hydrogen-bond donors (Lipinski definition) is 2. The highest BCUT2D eigenvalue weighted by atomic mass is 35.5. The van der Waals surface area contributed by atoms with Crippen LogP contribution in [-0.2, 0) is 16.0 Å². The average molecular weight is 382 g/mol. The van der Waals surface area contributed by atoms with E-state index in [2.05, 4.69) is 17.4 Å². The predicted octanol–water partition coefficient (Wildman–Crippen LogP) is 0.825. The van der Waals surface area contributed by atoms with Crippen molar-refractivity contribution in [3.8, 4) is 0 Å². The van der Waals surface area contributed by atoms with E-state index in [1.54, 1.807) is 4.90 Å². The SMILES string of the molecule is Cl.O=C(CC1NCCN(CCCc2ccccc2)C1=O)N1CCC(O)C1. The smallest absolute Gasteiger partial charge is 0.240 e. The van der Waals surface area contributed by atoms with Gasteiger partial charge in [0.1, 0.15) is 0 Å². The van der Waals surface area contributed by atoms with Crippen LogP contribution in [0.5, 0.6) is 0 Å². The van der Waals surface area contributed by atoms with E-state index in [1.807, 2.05) is 23.1 Å². The Labute approximate surface area is 161 Å². The van der Waals surface area contributed by atoms with Crippen molar-refractivity contribution in [2.45, 2.75) is 37.8 Å². The summed E-state index contributed by atoms with van der Waals surface area (Å²) in [6.45, 7) is 3.11. The van der Waals surface area contributed by atoms with E-state index >= 15 is 0 Å². The number of nitrogens with zero attached hydrogens (tertiary/aromatic N) is 2. The molecule has 6 nitrogen and oxygen atoms in total. The fourth-order valence-corrected chi connectivity index (χ4v) is 3.56. The van der Waals surface area contributed by atoms with Crippen molar-refractivity contribution in [3.05, 3.63) is 35.9 Å². The maximum Gasteiger partial charge on any atom is 0.240 e.